The highest BCUT2D eigenvalue weighted by atomic mass is 79.9. The molecule has 0 saturated carbocycles. The maximum atomic E-state index is 13.4. The summed E-state index contributed by atoms with van der Waals surface area (Å²) in [7, 11) is 1.51. The predicted octanol–water partition coefficient (Wildman–Crippen LogP) is 8.66. The van der Waals surface area contributed by atoms with Gasteiger partial charge in [-0.1, -0.05) is 75.5 Å². The molecule has 0 saturated heterocycles. The summed E-state index contributed by atoms with van der Waals surface area (Å²) in [5, 5.41) is 5.68. The van der Waals surface area contributed by atoms with Gasteiger partial charge in [0.05, 0.1) is 33.9 Å². The number of nitrogens with zero attached hydrogens (tertiary/aromatic N) is 1. The van der Waals surface area contributed by atoms with E-state index in [1.165, 1.54) is 13.3 Å². The normalized spacial score (nSPS) is 11.1. The Bertz CT molecular complexity index is 1820. The van der Waals surface area contributed by atoms with Crippen LogP contribution in [0, 0.1) is 0 Å². The first-order valence-corrected chi connectivity index (χ1v) is 14.3. The number of rotatable bonds is 7. The molecule has 5 rings (SSSR count). The molecular weight excluding hydrogens is 697 g/mol. The first-order chi connectivity index (χ1) is 19.7. The molecule has 7 nitrogen and oxygen atoms in total. The summed E-state index contributed by atoms with van der Waals surface area (Å²) in [6.45, 7) is 0. The minimum atomic E-state index is -0.591. The Morgan fingerprint density at radius 2 is 1.76 bits per heavy atom. The van der Waals surface area contributed by atoms with Gasteiger partial charge in [0.25, 0.3) is 5.91 Å². The lowest BCUT2D eigenvalue weighted by Gasteiger charge is -2.11. The summed E-state index contributed by atoms with van der Waals surface area (Å²) < 4.78 is 12.1. The topological polar surface area (TPSA) is 92.8 Å². The number of aromatic amines is 1. The number of halogens is 4. The zero-order valence-corrected chi connectivity index (χ0v) is 25.9. The van der Waals surface area contributed by atoms with E-state index in [4.69, 9.17) is 32.7 Å². The summed E-state index contributed by atoms with van der Waals surface area (Å²) in [4.78, 5) is 29.4. The van der Waals surface area contributed by atoms with E-state index in [9.17, 15) is 9.59 Å². The molecule has 0 radical (unpaired) electrons. The Morgan fingerprint density at radius 3 is 2.51 bits per heavy atom. The lowest BCUT2D eigenvalue weighted by Crippen LogP contribution is -2.19. The van der Waals surface area contributed by atoms with E-state index in [0.717, 1.165) is 5.56 Å². The predicted molar refractivity (Wildman–Crippen MR) is 169 cm³/mol. The number of esters is 1. The quantitative estimate of drug-likeness (QED) is 0.0764. The number of hydrogen-bond donors (Lipinski definition) is 2. The lowest BCUT2D eigenvalue weighted by atomic mass is 10.0. The van der Waals surface area contributed by atoms with Crippen molar-refractivity contribution in [3.05, 3.63) is 115 Å². The van der Waals surface area contributed by atoms with E-state index in [0.29, 0.717) is 52.3 Å². The van der Waals surface area contributed by atoms with Crippen molar-refractivity contribution in [2.24, 2.45) is 5.10 Å². The van der Waals surface area contributed by atoms with Gasteiger partial charge in [-0.15, -0.1) is 0 Å². The first-order valence-electron chi connectivity index (χ1n) is 12.0. The number of ether oxygens (including phenoxy) is 2. The largest absolute Gasteiger partial charge is 0.497 e. The van der Waals surface area contributed by atoms with E-state index in [1.807, 2.05) is 30.3 Å². The third-order valence-electron chi connectivity index (χ3n) is 6.02. The smallest absolute Gasteiger partial charge is 0.343 e. The third kappa shape index (κ3) is 6.33. The Labute approximate surface area is 261 Å². The molecule has 0 atom stereocenters. The fourth-order valence-electron chi connectivity index (χ4n) is 4.20. The van der Waals surface area contributed by atoms with Gasteiger partial charge in [-0.05, 0) is 64.0 Å². The van der Waals surface area contributed by atoms with Gasteiger partial charge in [0.2, 0.25) is 0 Å². The highest BCUT2D eigenvalue weighted by molar-refractivity contribution is 9.11. The molecule has 41 heavy (non-hydrogen) atoms. The first kappa shape index (κ1) is 28.9. The monoisotopic (exact) mass is 713 g/mol. The van der Waals surface area contributed by atoms with E-state index >= 15 is 0 Å². The van der Waals surface area contributed by atoms with Gasteiger partial charge >= 0.3 is 5.97 Å². The molecule has 2 N–H and O–H groups in total. The molecule has 0 fully saturated rings. The standard InChI is InChI=1S/C30H19Br2Cl2N3O4/c1-40-21-9-5-8-17(11-21)30(39)41-28-18(10-19(31)12-23(28)32)15-35-37-29(38)27-25(16-6-3-2-4-7-16)22-13-20(33)14-24(34)26(22)36-27/h2-15,36H,1H3,(H,37,38). The number of fused-ring (bicyclic) bond motifs is 1. The number of carbonyl (C=O) groups is 2. The Balaban J connectivity index is 1.45. The number of nitrogens with one attached hydrogen (secondary N) is 2. The highest BCUT2D eigenvalue weighted by Crippen LogP contribution is 2.38. The van der Waals surface area contributed by atoms with Gasteiger partial charge in [0, 0.05) is 26.0 Å². The van der Waals surface area contributed by atoms with Crippen LogP contribution in [-0.4, -0.2) is 30.2 Å². The molecule has 0 aliphatic rings. The van der Waals surface area contributed by atoms with Crippen LogP contribution in [0.1, 0.15) is 26.4 Å². The van der Waals surface area contributed by atoms with Crippen molar-refractivity contribution in [3.63, 3.8) is 0 Å². The number of hydrazone groups is 1. The summed E-state index contributed by atoms with van der Waals surface area (Å²) in [6.07, 6.45) is 1.39. The SMILES string of the molecule is COc1cccc(C(=O)Oc2c(Br)cc(Br)cc2C=NNC(=O)c2[nH]c3c(Cl)cc(Cl)cc3c2-c2ccccc2)c1. The van der Waals surface area contributed by atoms with Crippen LogP contribution in [0.2, 0.25) is 10.0 Å². The third-order valence-corrected chi connectivity index (χ3v) is 7.58. The van der Waals surface area contributed by atoms with Crippen LogP contribution < -0.4 is 14.9 Å². The molecule has 4 aromatic carbocycles. The summed E-state index contributed by atoms with van der Waals surface area (Å²) >= 11 is 19.6. The van der Waals surface area contributed by atoms with Gasteiger partial charge in [-0.3, -0.25) is 4.79 Å². The van der Waals surface area contributed by atoms with Gasteiger partial charge in [-0.25, -0.2) is 10.2 Å². The molecular formula is C30H19Br2Cl2N3O4. The zero-order valence-electron chi connectivity index (χ0n) is 21.2. The average Bonchev–Trinajstić information content (AvgIpc) is 3.35. The Hall–Kier alpha value is -3.63. The number of H-pyrrole nitrogens is 1. The second kappa shape index (κ2) is 12.5. The minimum Gasteiger partial charge on any atom is -0.497 e. The van der Waals surface area contributed by atoms with Crippen molar-refractivity contribution < 1.29 is 19.1 Å². The van der Waals surface area contributed by atoms with Crippen molar-refractivity contribution in [1.82, 2.24) is 10.4 Å². The van der Waals surface area contributed by atoms with Crippen molar-refractivity contribution >= 4 is 84.1 Å². The zero-order chi connectivity index (χ0) is 29.1. The lowest BCUT2D eigenvalue weighted by molar-refractivity contribution is 0.0732. The fourth-order valence-corrected chi connectivity index (χ4v) is 6.08. The molecule has 0 unspecified atom stereocenters. The summed E-state index contributed by atoms with van der Waals surface area (Å²) in [5.74, 6) is -0.357. The van der Waals surface area contributed by atoms with Gasteiger partial charge in [0.1, 0.15) is 11.4 Å². The number of benzene rings is 4. The van der Waals surface area contributed by atoms with Crippen LogP contribution in [0.5, 0.6) is 11.5 Å². The van der Waals surface area contributed by atoms with Gasteiger partial charge < -0.3 is 14.5 Å². The second-order valence-electron chi connectivity index (χ2n) is 8.68. The fraction of sp³-hybridized carbons (Fsp3) is 0.0333. The average molecular weight is 716 g/mol. The number of methoxy groups -OCH3 is 1. The number of aromatic nitrogens is 1. The maximum absolute atomic E-state index is 13.4. The van der Waals surface area contributed by atoms with Gasteiger partial charge in [-0.2, -0.15) is 5.10 Å². The van der Waals surface area contributed by atoms with Crippen LogP contribution in [0.15, 0.2) is 92.9 Å². The minimum absolute atomic E-state index is 0.219. The van der Waals surface area contributed by atoms with E-state index in [1.54, 1.807) is 48.5 Å². The molecule has 0 bridgehead atoms. The van der Waals surface area contributed by atoms with Gasteiger partial charge in [0.15, 0.2) is 5.75 Å². The maximum Gasteiger partial charge on any atom is 0.343 e. The Kier molecular flexibility index (Phi) is 8.79. The van der Waals surface area contributed by atoms with Crippen LogP contribution in [-0.2, 0) is 0 Å². The van der Waals surface area contributed by atoms with Crippen LogP contribution in [0.3, 0.4) is 0 Å². The van der Waals surface area contributed by atoms with E-state index < -0.39 is 11.9 Å². The molecule has 206 valence electrons. The van der Waals surface area contributed by atoms with Crippen LogP contribution >= 0.6 is 55.1 Å². The van der Waals surface area contributed by atoms with Crippen LogP contribution in [0.4, 0.5) is 0 Å². The second-order valence-corrected chi connectivity index (χ2v) is 11.3. The molecule has 11 heteroatoms. The van der Waals surface area contributed by atoms with E-state index in [-0.39, 0.29) is 11.4 Å². The Morgan fingerprint density at radius 1 is 0.976 bits per heavy atom. The molecule has 0 aliphatic carbocycles. The summed E-state index contributed by atoms with van der Waals surface area (Å²) in [5.41, 5.74) is 5.56. The molecule has 0 spiro atoms. The highest BCUT2D eigenvalue weighted by Gasteiger charge is 2.21. The number of amides is 1. The molecule has 5 aromatic rings. The number of hydrogen-bond acceptors (Lipinski definition) is 5. The number of carbonyl (C=O) groups excluding carboxylic acids is 2. The van der Waals surface area contributed by atoms with Crippen LogP contribution in [0.25, 0.3) is 22.0 Å². The van der Waals surface area contributed by atoms with Crippen molar-refractivity contribution in [1.29, 1.82) is 0 Å². The summed E-state index contributed by atoms with van der Waals surface area (Å²) in [6, 6.07) is 22.8. The molecule has 1 aromatic heterocycles. The van der Waals surface area contributed by atoms with Crippen molar-refractivity contribution in [3.8, 4) is 22.6 Å². The molecule has 0 aliphatic heterocycles. The molecule has 1 amide bonds. The van der Waals surface area contributed by atoms with E-state index in [2.05, 4.69) is 47.4 Å². The molecule has 1 heterocycles. The van der Waals surface area contributed by atoms with Crippen molar-refractivity contribution in [2.45, 2.75) is 0 Å². The van der Waals surface area contributed by atoms with Crippen molar-refractivity contribution in [2.75, 3.05) is 7.11 Å².